The number of carbonyl (C=O) groups excluding carboxylic acids is 1. The lowest BCUT2D eigenvalue weighted by molar-refractivity contribution is -0.115. The van der Waals surface area contributed by atoms with Crippen molar-refractivity contribution in [2.24, 2.45) is 4.99 Å². The standard InChI is InChI=1S/C20H22N2O2S2/c1-4-22-18-16(24-3)11-10-14(2)19(18)26-20(22)21-17(23)13-25-12-15-8-6-5-7-9-15/h5-11H,4,12-13H2,1-3H3. The Labute approximate surface area is 161 Å². The number of methoxy groups -OCH3 is 1. The molecule has 0 unspecified atom stereocenters. The van der Waals surface area contributed by atoms with Crippen LogP contribution in [0.15, 0.2) is 47.5 Å². The van der Waals surface area contributed by atoms with Gasteiger partial charge in [0.2, 0.25) is 0 Å². The van der Waals surface area contributed by atoms with E-state index in [9.17, 15) is 4.79 Å². The van der Waals surface area contributed by atoms with Crippen molar-refractivity contribution in [3.63, 3.8) is 0 Å². The molecule has 0 aliphatic heterocycles. The van der Waals surface area contributed by atoms with Crippen molar-refractivity contribution in [2.45, 2.75) is 26.1 Å². The maximum atomic E-state index is 12.4. The summed E-state index contributed by atoms with van der Waals surface area (Å²) in [6, 6.07) is 14.2. The molecule has 0 saturated carbocycles. The molecule has 0 bridgehead atoms. The minimum atomic E-state index is -0.101. The molecule has 0 fully saturated rings. The molecular formula is C20H22N2O2S2. The molecule has 2 aromatic carbocycles. The lowest BCUT2D eigenvalue weighted by atomic mass is 10.2. The Morgan fingerprint density at radius 2 is 2.00 bits per heavy atom. The first kappa shape index (κ1) is 18.7. The van der Waals surface area contributed by atoms with E-state index in [1.807, 2.05) is 30.3 Å². The highest BCUT2D eigenvalue weighted by atomic mass is 32.2. The van der Waals surface area contributed by atoms with E-state index in [1.165, 1.54) is 11.1 Å². The molecule has 6 heteroatoms. The highest BCUT2D eigenvalue weighted by molar-refractivity contribution is 7.99. The SMILES string of the molecule is CCn1c(=NC(=O)CSCc2ccccc2)sc2c(C)ccc(OC)c21. The molecule has 3 rings (SSSR count). The Balaban J connectivity index is 1.84. The monoisotopic (exact) mass is 386 g/mol. The molecular weight excluding hydrogens is 364 g/mol. The smallest absolute Gasteiger partial charge is 0.258 e. The van der Waals surface area contributed by atoms with Gasteiger partial charge in [0.15, 0.2) is 4.80 Å². The topological polar surface area (TPSA) is 43.6 Å². The molecule has 0 spiro atoms. The van der Waals surface area contributed by atoms with Crippen molar-refractivity contribution in [3.05, 3.63) is 58.4 Å². The summed E-state index contributed by atoms with van der Waals surface area (Å²) in [5.74, 6) is 1.91. The lowest BCUT2D eigenvalue weighted by Gasteiger charge is -2.07. The van der Waals surface area contributed by atoms with Crippen molar-refractivity contribution in [1.29, 1.82) is 0 Å². The van der Waals surface area contributed by atoms with Crippen LogP contribution in [0.2, 0.25) is 0 Å². The van der Waals surface area contributed by atoms with Gasteiger partial charge in [-0.15, -0.1) is 11.8 Å². The first-order valence-electron chi connectivity index (χ1n) is 8.50. The molecule has 0 aliphatic carbocycles. The van der Waals surface area contributed by atoms with Crippen LogP contribution in [0.25, 0.3) is 10.2 Å². The molecule has 0 N–H and O–H groups in total. The summed E-state index contributed by atoms with van der Waals surface area (Å²) >= 11 is 3.14. The van der Waals surface area contributed by atoms with E-state index in [-0.39, 0.29) is 5.91 Å². The summed E-state index contributed by atoms with van der Waals surface area (Å²) in [5.41, 5.74) is 3.40. The van der Waals surface area contributed by atoms with Gasteiger partial charge < -0.3 is 9.30 Å². The molecule has 1 amide bonds. The summed E-state index contributed by atoms with van der Waals surface area (Å²) in [6.07, 6.45) is 0. The van der Waals surface area contributed by atoms with Crippen LogP contribution in [0.3, 0.4) is 0 Å². The number of benzene rings is 2. The van der Waals surface area contributed by atoms with Crippen molar-refractivity contribution in [2.75, 3.05) is 12.9 Å². The van der Waals surface area contributed by atoms with Gasteiger partial charge in [0, 0.05) is 12.3 Å². The highest BCUT2D eigenvalue weighted by Crippen LogP contribution is 2.30. The maximum absolute atomic E-state index is 12.4. The average Bonchev–Trinajstić information content (AvgIpc) is 3.02. The second-order valence-electron chi connectivity index (χ2n) is 5.88. The number of hydrogen-bond donors (Lipinski definition) is 0. The molecule has 1 aromatic heterocycles. The summed E-state index contributed by atoms with van der Waals surface area (Å²) in [4.78, 5) is 17.5. The predicted octanol–water partition coefficient (Wildman–Crippen LogP) is 4.40. The van der Waals surface area contributed by atoms with Gasteiger partial charge in [-0.3, -0.25) is 4.79 Å². The number of ether oxygens (including phenoxy) is 1. The van der Waals surface area contributed by atoms with Gasteiger partial charge in [-0.05, 0) is 31.0 Å². The Kier molecular flexibility index (Phi) is 6.16. The summed E-state index contributed by atoms with van der Waals surface area (Å²) in [7, 11) is 1.67. The van der Waals surface area contributed by atoms with E-state index >= 15 is 0 Å². The van der Waals surface area contributed by atoms with E-state index < -0.39 is 0 Å². The Bertz CT molecular complexity index is 975. The number of thioether (sulfide) groups is 1. The van der Waals surface area contributed by atoms with Crippen LogP contribution in [0.5, 0.6) is 5.75 Å². The number of aromatic nitrogens is 1. The maximum Gasteiger partial charge on any atom is 0.258 e. The number of fused-ring (bicyclic) bond motifs is 1. The molecule has 0 saturated heterocycles. The van der Waals surface area contributed by atoms with E-state index in [0.29, 0.717) is 5.75 Å². The lowest BCUT2D eigenvalue weighted by Crippen LogP contribution is -2.16. The number of rotatable bonds is 6. The molecule has 26 heavy (non-hydrogen) atoms. The summed E-state index contributed by atoms with van der Waals surface area (Å²) in [6.45, 7) is 4.87. The second-order valence-corrected chi connectivity index (χ2v) is 7.84. The van der Waals surface area contributed by atoms with Gasteiger partial charge in [-0.2, -0.15) is 4.99 Å². The second kappa shape index (κ2) is 8.56. The van der Waals surface area contributed by atoms with Crippen LogP contribution >= 0.6 is 23.1 Å². The van der Waals surface area contributed by atoms with Crippen LogP contribution in [-0.4, -0.2) is 23.3 Å². The normalized spacial score (nSPS) is 11.9. The van der Waals surface area contributed by atoms with Crippen LogP contribution in [-0.2, 0) is 17.1 Å². The zero-order valence-electron chi connectivity index (χ0n) is 15.2. The Morgan fingerprint density at radius 3 is 2.69 bits per heavy atom. The van der Waals surface area contributed by atoms with E-state index in [2.05, 4.69) is 35.5 Å². The first-order valence-corrected chi connectivity index (χ1v) is 10.5. The molecule has 3 aromatic rings. The number of thiazole rings is 1. The zero-order chi connectivity index (χ0) is 18.5. The van der Waals surface area contributed by atoms with E-state index in [1.54, 1.807) is 30.2 Å². The van der Waals surface area contributed by atoms with Crippen molar-refractivity contribution >= 4 is 39.2 Å². The molecule has 0 atom stereocenters. The number of hydrogen-bond acceptors (Lipinski definition) is 4. The zero-order valence-corrected chi connectivity index (χ0v) is 16.8. The van der Waals surface area contributed by atoms with Crippen molar-refractivity contribution < 1.29 is 9.53 Å². The minimum Gasteiger partial charge on any atom is -0.495 e. The fourth-order valence-corrected chi connectivity index (χ4v) is 4.76. The summed E-state index contributed by atoms with van der Waals surface area (Å²) < 4.78 is 8.69. The first-order chi connectivity index (χ1) is 12.6. The predicted molar refractivity (Wildman–Crippen MR) is 110 cm³/mol. The van der Waals surface area contributed by atoms with Crippen molar-refractivity contribution in [1.82, 2.24) is 4.57 Å². The Morgan fingerprint density at radius 1 is 1.23 bits per heavy atom. The van der Waals surface area contributed by atoms with Gasteiger partial charge in [0.25, 0.3) is 5.91 Å². The Hall–Kier alpha value is -2.05. The van der Waals surface area contributed by atoms with Gasteiger partial charge in [-0.1, -0.05) is 47.7 Å². The van der Waals surface area contributed by atoms with Gasteiger partial charge >= 0.3 is 0 Å². The largest absolute Gasteiger partial charge is 0.495 e. The summed E-state index contributed by atoms with van der Waals surface area (Å²) in [5, 5.41) is 0. The van der Waals surface area contributed by atoms with Crippen LogP contribution in [0.4, 0.5) is 0 Å². The highest BCUT2D eigenvalue weighted by Gasteiger charge is 2.13. The molecule has 0 aliphatic rings. The third-order valence-corrected chi connectivity index (χ3v) is 6.28. The third-order valence-electron chi connectivity index (χ3n) is 4.08. The average molecular weight is 387 g/mol. The quantitative estimate of drug-likeness (QED) is 0.631. The van der Waals surface area contributed by atoms with Gasteiger partial charge in [0.05, 0.1) is 17.6 Å². The van der Waals surface area contributed by atoms with Crippen LogP contribution < -0.4 is 9.54 Å². The van der Waals surface area contributed by atoms with E-state index in [0.717, 1.165) is 33.1 Å². The van der Waals surface area contributed by atoms with Crippen LogP contribution in [0, 0.1) is 6.92 Å². The van der Waals surface area contributed by atoms with E-state index in [4.69, 9.17) is 4.74 Å². The fourth-order valence-electron chi connectivity index (χ4n) is 2.79. The van der Waals surface area contributed by atoms with Crippen molar-refractivity contribution in [3.8, 4) is 5.75 Å². The number of aryl methyl sites for hydroxylation is 2. The van der Waals surface area contributed by atoms with Crippen LogP contribution in [0.1, 0.15) is 18.1 Å². The molecule has 136 valence electrons. The number of amides is 1. The molecule has 0 radical (unpaired) electrons. The number of nitrogens with zero attached hydrogens (tertiary/aromatic N) is 2. The molecule has 1 heterocycles. The minimum absolute atomic E-state index is 0.101. The number of carbonyl (C=O) groups is 1. The molecule has 4 nitrogen and oxygen atoms in total. The van der Waals surface area contributed by atoms with Gasteiger partial charge in [0.1, 0.15) is 11.3 Å². The van der Waals surface area contributed by atoms with Gasteiger partial charge in [-0.25, -0.2) is 0 Å². The fraction of sp³-hybridized carbons (Fsp3) is 0.300. The third kappa shape index (κ3) is 4.02.